The second-order valence-corrected chi connectivity index (χ2v) is 4.32. The molecule has 104 valence electrons. The van der Waals surface area contributed by atoms with Gasteiger partial charge in [-0.05, 0) is 37.6 Å². The van der Waals surface area contributed by atoms with Gasteiger partial charge in [-0.2, -0.15) is 0 Å². The molecule has 0 aromatic carbocycles. The monoisotopic (exact) mass is 272 g/mol. The van der Waals surface area contributed by atoms with E-state index < -0.39 is 0 Å². The van der Waals surface area contributed by atoms with Crippen LogP contribution in [0, 0.1) is 6.92 Å². The number of hydrogen-bond acceptors (Lipinski definition) is 3. The standard InChI is InChI=1S/C14H16N4O2/c1-3-15-14(20)18-12-5-4-10(7-16-12)11-6-9(2)13(19)17-8-11/h4-8H,3H2,1-2H3,(H,17,19)(H2,15,16,18,20). The second-order valence-electron chi connectivity index (χ2n) is 4.32. The summed E-state index contributed by atoms with van der Waals surface area (Å²) < 4.78 is 0. The fourth-order valence-electron chi connectivity index (χ4n) is 1.72. The SMILES string of the molecule is CCNC(=O)Nc1ccc(-c2c[nH]c(=O)c(C)c2)cn1. The van der Waals surface area contributed by atoms with Crippen molar-refractivity contribution in [2.75, 3.05) is 11.9 Å². The molecule has 0 fully saturated rings. The fraction of sp³-hybridized carbons (Fsp3) is 0.214. The van der Waals surface area contributed by atoms with Crippen molar-refractivity contribution in [3.05, 3.63) is 46.5 Å². The number of urea groups is 1. The summed E-state index contributed by atoms with van der Waals surface area (Å²) >= 11 is 0. The van der Waals surface area contributed by atoms with Crippen LogP contribution in [0.4, 0.5) is 10.6 Å². The molecule has 6 nitrogen and oxygen atoms in total. The molecule has 0 aliphatic carbocycles. The molecule has 0 saturated carbocycles. The first-order chi connectivity index (χ1) is 9.60. The predicted molar refractivity (Wildman–Crippen MR) is 77.7 cm³/mol. The first-order valence-electron chi connectivity index (χ1n) is 6.30. The minimum absolute atomic E-state index is 0.101. The minimum atomic E-state index is -0.285. The molecule has 0 unspecified atom stereocenters. The normalized spacial score (nSPS) is 10.1. The maximum absolute atomic E-state index is 11.3. The van der Waals surface area contributed by atoms with Gasteiger partial charge in [0.1, 0.15) is 5.82 Å². The Labute approximate surface area is 116 Å². The van der Waals surface area contributed by atoms with Crippen LogP contribution in [-0.4, -0.2) is 22.5 Å². The van der Waals surface area contributed by atoms with E-state index in [4.69, 9.17) is 0 Å². The van der Waals surface area contributed by atoms with Gasteiger partial charge in [0.25, 0.3) is 5.56 Å². The number of rotatable bonds is 3. The number of amides is 2. The van der Waals surface area contributed by atoms with Gasteiger partial charge in [0, 0.05) is 30.1 Å². The maximum Gasteiger partial charge on any atom is 0.320 e. The second kappa shape index (κ2) is 6.01. The Kier molecular flexibility index (Phi) is 4.14. The molecular weight excluding hydrogens is 256 g/mol. The molecule has 0 spiro atoms. The molecule has 0 aliphatic rings. The van der Waals surface area contributed by atoms with E-state index in [9.17, 15) is 9.59 Å². The van der Waals surface area contributed by atoms with Crippen LogP contribution in [0.2, 0.25) is 0 Å². The number of hydrogen-bond donors (Lipinski definition) is 3. The fourth-order valence-corrected chi connectivity index (χ4v) is 1.72. The average Bonchev–Trinajstić information content (AvgIpc) is 2.43. The summed E-state index contributed by atoms with van der Waals surface area (Å²) in [5.41, 5.74) is 2.29. The van der Waals surface area contributed by atoms with Crippen LogP contribution in [0.15, 0.2) is 35.4 Å². The summed E-state index contributed by atoms with van der Waals surface area (Å²) in [5.74, 6) is 0.473. The van der Waals surface area contributed by atoms with Crippen molar-refractivity contribution in [1.29, 1.82) is 0 Å². The first kappa shape index (κ1) is 13.8. The van der Waals surface area contributed by atoms with Crippen LogP contribution >= 0.6 is 0 Å². The molecule has 0 saturated heterocycles. The summed E-state index contributed by atoms with van der Waals surface area (Å²) in [6.07, 6.45) is 3.29. The number of carbonyl (C=O) groups excluding carboxylic acids is 1. The smallest absolute Gasteiger partial charge is 0.320 e. The third kappa shape index (κ3) is 3.23. The molecule has 2 amide bonds. The Morgan fingerprint density at radius 3 is 2.75 bits per heavy atom. The molecule has 2 rings (SSSR count). The zero-order chi connectivity index (χ0) is 14.5. The quantitative estimate of drug-likeness (QED) is 0.797. The third-order valence-corrected chi connectivity index (χ3v) is 2.76. The van der Waals surface area contributed by atoms with Gasteiger partial charge in [-0.15, -0.1) is 0 Å². The molecule has 6 heteroatoms. The lowest BCUT2D eigenvalue weighted by Crippen LogP contribution is -2.28. The van der Waals surface area contributed by atoms with E-state index in [1.54, 1.807) is 31.5 Å². The van der Waals surface area contributed by atoms with Gasteiger partial charge in [0.15, 0.2) is 0 Å². The molecule has 20 heavy (non-hydrogen) atoms. The van der Waals surface area contributed by atoms with Crippen LogP contribution in [-0.2, 0) is 0 Å². The van der Waals surface area contributed by atoms with Crippen molar-refractivity contribution in [2.45, 2.75) is 13.8 Å². The number of aromatic nitrogens is 2. The number of carbonyl (C=O) groups is 1. The molecule has 3 N–H and O–H groups in total. The van der Waals surface area contributed by atoms with E-state index in [-0.39, 0.29) is 11.6 Å². The number of H-pyrrole nitrogens is 1. The number of aryl methyl sites for hydroxylation is 1. The number of pyridine rings is 2. The van der Waals surface area contributed by atoms with Crippen molar-refractivity contribution >= 4 is 11.8 Å². The summed E-state index contributed by atoms with van der Waals surface area (Å²) in [5, 5.41) is 5.25. The van der Waals surface area contributed by atoms with E-state index in [1.807, 2.05) is 13.0 Å². The van der Waals surface area contributed by atoms with Crippen LogP contribution in [0.25, 0.3) is 11.1 Å². The Morgan fingerprint density at radius 1 is 1.35 bits per heavy atom. The van der Waals surface area contributed by atoms with E-state index in [2.05, 4.69) is 20.6 Å². The van der Waals surface area contributed by atoms with Gasteiger partial charge in [-0.3, -0.25) is 10.1 Å². The third-order valence-electron chi connectivity index (χ3n) is 2.76. The summed E-state index contributed by atoms with van der Waals surface area (Å²) in [6, 6.07) is 5.06. The van der Waals surface area contributed by atoms with Gasteiger partial charge in [0.05, 0.1) is 0 Å². The van der Waals surface area contributed by atoms with E-state index in [1.165, 1.54) is 0 Å². The van der Waals surface area contributed by atoms with Gasteiger partial charge in [-0.1, -0.05) is 0 Å². The van der Waals surface area contributed by atoms with Crippen molar-refractivity contribution < 1.29 is 4.79 Å². The highest BCUT2D eigenvalue weighted by atomic mass is 16.2. The molecule has 2 heterocycles. The molecule has 0 bridgehead atoms. The predicted octanol–water partition coefficient (Wildman–Crippen LogP) is 1.89. The summed E-state index contributed by atoms with van der Waals surface area (Å²) in [7, 11) is 0. The maximum atomic E-state index is 11.3. The summed E-state index contributed by atoms with van der Waals surface area (Å²) in [6.45, 7) is 4.15. The molecule has 0 atom stereocenters. The first-order valence-corrected chi connectivity index (χ1v) is 6.30. The minimum Gasteiger partial charge on any atom is -0.338 e. The van der Waals surface area contributed by atoms with Gasteiger partial charge >= 0.3 is 6.03 Å². The topological polar surface area (TPSA) is 86.9 Å². The molecule has 2 aromatic heterocycles. The highest BCUT2D eigenvalue weighted by Crippen LogP contribution is 2.18. The lowest BCUT2D eigenvalue weighted by Gasteiger charge is -2.06. The van der Waals surface area contributed by atoms with Gasteiger partial charge in [-0.25, -0.2) is 9.78 Å². The van der Waals surface area contributed by atoms with E-state index in [0.29, 0.717) is 17.9 Å². The van der Waals surface area contributed by atoms with E-state index >= 15 is 0 Å². The molecule has 2 aromatic rings. The van der Waals surface area contributed by atoms with Crippen LogP contribution in [0.3, 0.4) is 0 Å². The van der Waals surface area contributed by atoms with Crippen molar-refractivity contribution in [2.24, 2.45) is 0 Å². The van der Waals surface area contributed by atoms with Gasteiger partial charge in [0.2, 0.25) is 0 Å². The Bertz CT molecular complexity index is 662. The molecular formula is C14H16N4O2. The number of nitrogens with zero attached hydrogens (tertiary/aromatic N) is 1. The van der Waals surface area contributed by atoms with Crippen LogP contribution < -0.4 is 16.2 Å². The highest BCUT2D eigenvalue weighted by molar-refractivity contribution is 5.88. The Hall–Kier alpha value is -2.63. The van der Waals surface area contributed by atoms with Crippen molar-refractivity contribution in [3.8, 4) is 11.1 Å². The molecule has 0 aliphatic heterocycles. The van der Waals surface area contributed by atoms with Gasteiger partial charge < -0.3 is 10.3 Å². The zero-order valence-electron chi connectivity index (χ0n) is 11.4. The average molecular weight is 272 g/mol. The Balaban J connectivity index is 2.17. The highest BCUT2D eigenvalue weighted by Gasteiger charge is 2.03. The lowest BCUT2D eigenvalue weighted by atomic mass is 10.1. The number of aromatic amines is 1. The summed E-state index contributed by atoms with van der Waals surface area (Å²) in [4.78, 5) is 29.5. The number of anilines is 1. The lowest BCUT2D eigenvalue weighted by molar-refractivity contribution is 0.252. The van der Waals surface area contributed by atoms with Crippen molar-refractivity contribution in [3.63, 3.8) is 0 Å². The van der Waals surface area contributed by atoms with Crippen molar-refractivity contribution in [1.82, 2.24) is 15.3 Å². The van der Waals surface area contributed by atoms with Crippen LogP contribution in [0.1, 0.15) is 12.5 Å². The van der Waals surface area contributed by atoms with Crippen LogP contribution in [0.5, 0.6) is 0 Å². The number of nitrogens with one attached hydrogen (secondary N) is 3. The zero-order valence-corrected chi connectivity index (χ0v) is 11.4. The van der Waals surface area contributed by atoms with E-state index in [0.717, 1.165) is 11.1 Å². The largest absolute Gasteiger partial charge is 0.338 e. The molecule has 0 radical (unpaired) electrons. The Morgan fingerprint density at radius 2 is 2.15 bits per heavy atom.